The summed E-state index contributed by atoms with van der Waals surface area (Å²) < 4.78 is 43.8. The van der Waals surface area contributed by atoms with Crippen LogP contribution in [0.2, 0.25) is 0 Å². The van der Waals surface area contributed by atoms with Gasteiger partial charge in [-0.1, -0.05) is 6.07 Å². The van der Waals surface area contributed by atoms with Crippen LogP contribution in [0.1, 0.15) is 23.5 Å². The Bertz CT molecular complexity index is 1210. The summed E-state index contributed by atoms with van der Waals surface area (Å²) in [5, 5.41) is 14.5. The van der Waals surface area contributed by atoms with Gasteiger partial charge in [-0.2, -0.15) is 0 Å². The maximum Gasteiger partial charge on any atom is 0.507 e. The number of carbonyl (C=O) groups is 2. The molecule has 0 bridgehead atoms. The van der Waals surface area contributed by atoms with E-state index >= 15 is 0 Å². The van der Waals surface area contributed by atoms with Gasteiger partial charge in [-0.25, -0.2) is 23.4 Å². The Morgan fingerprint density at radius 2 is 2.19 bits per heavy atom. The van der Waals surface area contributed by atoms with Gasteiger partial charge in [0.1, 0.15) is 6.04 Å². The summed E-state index contributed by atoms with van der Waals surface area (Å²) in [7, 11) is 0. The number of carboxylic acid groups (broad SMARTS) is 1. The van der Waals surface area contributed by atoms with Gasteiger partial charge in [0.25, 0.3) is 0 Å². The summed E-state index contributed by atoms with van der Waals surface area (Å²) >= 11 is 4.39. The predicted molar refractivity (Wildman–Crippen MR) is 128 cm³/mol. The molecule has 1 aromatic carbocycles. The fraction of sp³-hybridized carbons (Fsp3) is 0.364. The molecule has 0 unspecified atom stereocenters. The molecular formula is C22H21BrF2N4O6S. The summed E-state index contributed by atoms with van der Waals surface area (Å²) in [6.45, 7) is 2.35. The lowest BCUT2D eigenvalue weighted by atomic mass is 9.95. The number of hydrogen-bond donors (Lipinski definition) is 2. The van der Waals surface area contributed by atoms with Crippen LogP contribution < -0.4 is 5.32 Å². The van der Waals surface area contributed by atoms with E-state index in [-0.39, 0.29) is 35.4 Å². The van der Waals surface area contributed by atoms with Crippen LogP contribution in [0.15, 0.2) is 44.4 Å². The van der Waals surface area contributed by atoms with Crippen molar-refractivity contribution in [3.05, 3.63) is 61.7 Å². The van der Waals surface area contributed by atoms with Gasteiger partial charge in [-0.15, -0.1) is 11.3 Å². The van der Waals surface area contributed by atoms with Gasteiger partial charge < -0.3 is 24.6 Å². The zero-order valence-electron chi connectivity index (χ0n) is 18.9. The molecule has 2 aliphatic rings. The highest BCUT2D eigenvalue weighted by atomic mass is 79.9. The molecule has 0 spiro atoms. The van der Waals surface area contributed by atoms with E-state index in [4.69, 9.17) is 19.3 Å². The Morgan fingerprint density at radius 1 is 1.39 bits per heavy atom. The fourth-order valence-corrected chi connectivity index (χ4v) is 4.95. The number of morpholine rings is 1. The van der Waals surface area contributed by atoms with E-state index < -0.39 is 36.0 Å². The molecule has 10 nitrogen and oxygen atoms in total. The lowest BCUT2D eigenvalue weighted by Crippen LogP contribution is -2.50. The van der Waals surface area contributed by atoms with E-state index in [1.54, 1.807) is 23.4 Å². The number of aliphatic imine (C=N–C) groups is 1. The summed E-state index contributed by atoms with van der Waals surface area (Å²) in [4.78, 5) is 35.0. The van der Waals surface area contributed by atoms with E-state index in [2.05, 4.69) is 31.2 Å². The Morgan fingerprint density at radius 3 is 2.89 bits per heavy atom. The SMILES string of the molecule is CCOC(=O)C1=C(CN2CCOC[C@@H]2OC(=O)O)NC(c2nccs2)=N[C@H]1c1ccc(F)c(F)c1Br. The molecule has 14 heteroatoms. The number of nitrogens with one attached hydrogen (secondary N) is 1. The predicted octanol–water partition coefficient (Wildman–Crippen LogP) is 3.45. The molecule has 2 atom stereocenters. The minimum absolute atomic E-state index is 0.000103. The van der Waals surface area contributed by atoms with Crippen LogP contribution in [0.3, 0.4) is 0 Å². The van der Waals surface area contributed by atoms with Gasteiger partial charge in [-0.05, 0) is 34.5 Å². The van der Waals surface area contributed by atoms with Gasteiger partial charge >= 0.3 is 12.1 Å². The zero-order valence-corrected chi connectivity index (χ0v) is 21.3. The van der Waals surface area contributed by atoms with E-state index in [1.165, 1.54) is 17.4 Å². The van der Waals surface area contributed by atoms with E-state index in [9.17, 15) is 18.4 Å². The number of benzene rings is 1. The molecule has 1 saturated heterocycles. The quantitative estimate of drug-likeness (QED) is 0.371. The second-order valence-electron chi connectivity index (χ2n) is 7.60. The Labute approximate surface area is 216 Å². The summed E-state index contributed by atoms with van der Waals surface area (Å²) in [6, 6.07) is 1.21. The van der Waals surface area contributed by atoms with Crippen LogP contribution in [0.25, 0.3) is 0 Å². The highest BCUT2D eigenvalue weighted by molar-refractivity contribution is 9.10. The van der Waals surface area contributed by atoms with Crippen molar-refractivity contribution in [1.29, 1.82) is 0 Å². The summed E-state index contributed by atoms with van der Waals surface area (Å²) in [6.07, 6.45) is -0.819. The van der Waals surface area contributed by atoms with Gasteiger partial charge in [0.15, 0.2) is 28.7 Å². The van der Waals surface area contributed by atoms with Crippen molar-refractivity contribution in [2.24, 2.45) is 4.99 Å². The number of amidine groups is 1. The first-order chi connectivity index (χ1) is 17.3. The number of aromatic nitrogens is 1. The Hall–Kier alpha value is -2.94. The molecule has 0 radical (unpaired) electrons. The minimum atomic E-state index is -1.47. The van der Waals surface area contributed by atoms with Gasteiger partial charge in [0.2, 0.25) is 0 Å². The lowest BCUT2D eigenvalue weighted by molar-refractivity contribution is -0.139. The van der Waals surface area contributed by atoms with E-state index in [0.29, 0.717) is 29.7 Å². The third-order valence-corrected chi connectivity index (χ3v) is 6.99. The van der Waals surface area contributed by atoms with Crippen LogP contribution >= 0.6 is 27.3 Å². The fourth-order valence-electron chi connectivity index (χ4n) is 3.82. The second-order valence-corrected chi connectivity index (χ2v) is 9.29. The highest BCUT2D eigenvalue weighted by Crippen LogP contribution is 2.38. The third kappa shape index (κ3) is 5.56. The molecule has 0 aliphatic carbocycles. The monoisotopic (exact) mass is 586 g/mol. The lowest BCUT2D eigenvalue weighted by Gasteiger charge is -2.36. The van der Waals surface area contributed by atoms with Crippen molar-refractivity contribution >= 4 is 45.2 Å². The molecule has 0 saturated carbocycles. The minimum Gasteiger partial charge on any atom is -0.463 e. The third-order valence-electron chi connectivity index (χ3n) is 5.40. The summed E-state index contributed by atoms with van der Waals surface area (Å²) in [5.74, 6) is -2.59. The van der Waals surface area contributed by atoms with Crippen molar-refractivity contribution in [2.45, 2.75) is 19.2 Å². The molecule has 2 aromatic rings. The average molecular weight is 587 g/mol. The first-order valence-corrected chi connectivity index (χ1v) is 12.5. The van der Waals surface area contributed by atoms with Gasteiger partial charge in [0, 0.05) is 30.4 Å². The number of thiazole rings is 1. The van der Waals surface area contributed by atoms with Crippen LogP contribution in [-0.2, 0) is 19.0 Å². The number of ether oxygens (including phenoxy) is 3. The zero-order chi connectivity index (χ0) is 25.8. The molecule has 0 amide bonds. The molecule has 1 aromatic heterocycles. The number of hydrogen-bond acceptors (Lipinski definition) is 10. The van der Waals surface area contributed by atoms with Gasteiger partial charge in [-0.3, -0.25) is 9.89 Å². The molecule has 36 heavy (non-hydrogen) atoms. The van der Waals surface area contributed by atoms with Crippen LogP contribution in [0, 0.1) is 11.6 Å². The largest absolute Gasteiger partial charge is 0.507 e. The normalized spacial score (nSPS) is 20.5. The number of nitrogens with zero attached hydrogens (tertiary/aromatic N) is 3. The number of rotatable bonds is 7. The Kier molecular flexibility index (Phi) is 8.28. The standard InChI is InChI=1S/C22H21BrF2N4O6S/c1-2-34-21(30)15-13(9-29-6-7-33-10-14(29)35-22(31)32)27-19(20-26-5-8-36-20)28-18(15)11-3-4-12(24)17(25)16(11)23/h3-5,8,14,18H,2,6-7,9-10H2,1H3,(H,27,28)(H,31,32)/t14-,18-/m0/s1. The van der Waals surface area contributed by atoms with Crippen molar-refractivity contribution in [1.82, 2.24) is 15.2 Å². The van der Waals surface area contributed by atoms with E-state index in [1.807, 2.05) is 0 Å². The van der Waals surface area contributed by atoms with Crippen LogP contribution in [0.5, 0.6) is 0 Å². The molecule has 1 fully saturated rings. The van der Waals surface area contributed by atoms with Crippen molar-refractivity contribution < 1.29 is 37.7 Å². The molecular weight excluding hydrogens is 566 g/mol. The average Bonchev–Trinajstić information content (AvgIpc) is 3.38. The van der Waals surface area contributed by atoms with E-state index in [0.717, 1.165) is 6.07 Å². The second kappa shape index (κ2) is 11.4. The van der Waals surface area contributed by atoms with Crippen LogP contribution in [-0.4, -0.2) is 72.1 Å². The van der Waals surface area contributed by atoms with Crippen molar-refractivity contribution in [3.63, 3.8) is 0 Å². The summed E-state index contributed by atoms with van der Waals surface area (Å²) in [5.41, 5.74) is 0.589. The van der Waals surface area contributed by atoms with Gasteiger partial charge in [0.05, 0.1) is 29.9 Å². The topological polar surface area (TPSA) is 123 Å². The number of halogens is 3. The first-order valence-electron chi connectivity index (χ1n) is 10.8. The molecule has 2 N–H and O–H groups in total. The molecule has 2 aliphatic heterocycles. The smallest absolute Gasteiger partial charge is 0.463 e. The highest BCUT2D eigenvalue weighted by Gasteiger charge is 2.37. The first kappa shape index (κ1) is 26.1. The molecule has 192 valence electrons. The Balaban J connectivity index is 1.83. The molecule has 4 rings (SSSR count). The number of esters is 1. The van der Waals surface area contributed by atoms with Crippen molar-refractivity contribution in [2.75, 3.05) is 32.9 Å². The maximum atomic E-state index is 14.5. The van der Waals surface area contributed by atoms with Crippen molar-refractivity contribution in [3.8, 4) is 0 Å². The number of carbonyl (C=O) groups excluding carboxylic acids is 1. The molecule has 3 heterocycles. The maximum absolute atomic E-state index is 14.5. The van der Waals surface area contributed by atoms with Crippen LogP contribution in [0.4, 0.5) is 13.6 Å².